The molecule has 2 saturated heterocycles. The van der Waals surface area contributed by atoms with E-state index in [1.165, 1.54) is 12.8 Å². The zero-order chi connectivity index (χ0) is 14.8. The zero-order valence-corrected chi connectivity index (χ0v) is 12.4. The summed E-state index contributed by atoms with van der Waals surface area (Å²) in [4.78, 5) is 14.6. The molecule has 1 aromatic rings. The number of rotatable bonds is 4. The van der Waals surface area contributed by atoms with Gasteiger partial charge in [0.1, 0.15) is 0 Å². The zero-order valence-electron chi connectivity index (χ0n) is 12.4. The number of nitrogens with two attached hydrogens (primary N) is 1. The molecule has 4 N–H and O–H groups in total. The first-order valence-electron chi connectivity index (χ1n) is 7.65. The summed E-state index contributed by atoms with van der Waals surface area (Å²) in [5, 5.41) is 9.66. The first-order chi connectivity index (χ1) is 10.2. The van der Waals surface area contributed by atoms with Crippen LogP contribution in [-0.4, -0.2) is 59.4 Å². The molecule has 7 heteroatoms. The second-order valence-electron chi connectivity index (χ2n) is 5.77. The average Bonchev–Trinajstić information content (AvgIpc) is 3.10. The van der Waals surface area contributed by atoms with Crippen molar-refractivity contribution in [2.24, 2.45) is 0 Å². The van der Waals surface area contributed by atoms with E-state index in [0.29, 0.717) is 18.3 Å². The smallest absolute Gasteiger partial charge is 0.274 e. The number of fused-ring (bicyclic) bond motifs is 1. The monoisotopic (exact) mass is 293 g/mol. The fourth-order valence-corrected chi connectivity index (χ4v) is 3.13. The summed E-state index contributed by atoms with van der Waals surface area (Å²) in [5.41, 5.74) is 7.42. The molecule has 2 aliphatic rings. The fraction of sp³-hybridized carbons (Fsp3) is 0.714. The minimum atomic E-state index is -0.240. The predicted octanol–water partition coefficient (Wildman–Crippen LogP) is 0.147. The molecule has 0 spiro atoms. The van der Waals surface area contributed by atoms with E-state index in [9.17, 15) is 4.79 Å². The van der Waals surface area contributed by atoms with Crippen molar-refractivity contribution in [3.05, 3.63) is 11.4 Å². The number of carbonyl (C=O) groups is 1. The molecule has 2 unspecified atom stereocenters. The third-order valence-electron chi connectivity index (χ3n) is 4.40. The minimum absolute atomic E-state index is 0.0501. The van der Waals surface area contributed by atoms with E-state index in [1.807, 2.05) is 6.92 Å². The van der Waals surface area contributed by atoms with E-state index in [-0.39, 0.29) is 17.7 Å². The normalized spacial score (nSPS) is 25.8. The summed E-state index contributed by atoms with van der Waals surface area (Å²) in [6.07, 6.45) is 3.25. The molecule has 116 valence electrons. The molecule has 3 heterocycles. The summed E-state index contributed by atoms with van der Waals surface area (Å²) in [6.45, 7) is 5.26. The Balaban J connectivity index is 1.52. The van der Waals surface area contributed by atoms with E-state index in [4.69, 9.17) is 10.5 Å². The Hall–Kier alpha value is -1.60. The van der Waals surface area contributed by atoms with E-state index >= 15 is 0 Å². The molecular weight excluding hydrogens is 270 g/mol. The Kier molecular flexibility index (Phi) is 4.12. The number of anilines is 1. The lowest BCUT2D eigenvalue weighted by molar-refractivity contribution is -0.0462. The molecule has 2 aliphatic heterocycles. The standard InChI is InChI=1S/C14H23N5O2/c1-2-11-12(15)13(18-17-11)14(20)16-6-10-7-19-5-3-4-9(19)8-21-10/h9-10H,2-8,15H2,1H3,(H,16,20)(H,17,18). The van der Waals surface area contributed by atoms with Gasteiger partial charge in [-0.25, -0.2) is 0 Å². The van der Waals surface area contributed by atoms with Gasteiger partial charge in [-0.2, -0.15) is 5.10 Å². The van der Waals surface area contributed by atoms with Crippen molar-refractivity contribution < 1.29 is 9.53 Å². The van der Waals surface area contributed by atoms with Crippen molar-refractivity contribution in [2.45, 2.75) is 38.3 Å². The summed E-state index contributed by atoms with van der Waals surface area (Å²) in [5.74, 6) is -0.240. The van der Waals surface area contributed by atoms with Gasteiger partial charge in [0.2, 0.25) is 0 Å². The number of aromatic nitrogens is 2. The number of hydrogen-bond donors (Lipinski definition) is 3. The van der Waals surface area contributed by atoms with E-state index in [1.54, 1.807) is 0 Å². The number of amides is 1. The highest BCUT2D eigenvalue weighted by Gasteiger charge is 2.32. The van der Waals surface area contributed by atoms with Crippen molar-refractivity contribution in [2.75, 3.05) is 32.0 Å². The van der Waals surface area contributed by atoms with Crippen molar-refractivity contribution >= 4 is 11.6 Å². The van der Waals surface area contributed by atoms with Crippen molar-refractivity contribution in [1.29, 1.82) is 0 Å². The maximum Gasteiger partial charge on any atom is 0.274 e. The number of aromatic amines is 1. The van der Waals surface area contributed by atoms with Gasteiger partial charge in [-0.05, 0) is 25.8 Å². The van der Waals surface area contributed by atoms with Crippen LogP contribution in [0.3, 0.4) is 0 Å². The van der Waals surface area contributed by atoms with Gasteiger partial charge in [-0.3, -0.25) is 14.8 Å². The topological polar surface area (TPSA) is 96.3 Å². The van der Waals surface area contributed by atoms with Gasteiger partial charge in [0.15, 0.2) is 5.69 Å². The lowest BCUT2D eigenvalue weighted by Gasteiger charge is -2.35. The lowest BCUT2D eigenvalue weighted by Crippen LogP contribution is -2.50. The first-order valence-corrected chi connectivity index (χ1v) is 7.65. The number of aryl methyl sites for hydroxylation is 1. The van der Waals surface area contributed by atoms with Crippen molar-refractivity contribution in [3.8, 4) is 0 Å². The Labute approximate surface area is 124 Å². The molecular formula is C14H23N5O2. The highest BCUT2D eigenvalue weighted by atomic mass is 16.5. The van der Waals surface area contributed by atoms with Crippen LogP contribution >= 0.6 is 0 Å². The van der Waals surface area contributed by atoms with Crippen LogP contribution in [0.1, 0.15) is 35.9 Å². The van der Waals surface area contributed by atoms with Crippen LogP contribution in [0.25, 0.3) is 0 Å². The molecule has 1 aromatic heterocycles. The molecule has 0 radical (unpaired) electrons. The Morgan fingerprint density at radius 3 is 3.24 bits per heavy atom. The second kappa shape index (κ2) is 6.03. The predicted molar refractivity (Wildman–Crippen MR) is 79.0 cm³/mol. The average molecular weight is 293 g/mol. The molecule has 2 fully saturated rings. The largest absolute Gasteiger partial charge is 0.395 e. The SMILES string of the molecule is CCc1[nH]nc(C(=O)NCC2CN3CCCC3CO2)c1N. The van der Waals surface area contributed by atoms with Crippen LogP contribution in [-0.2, 0) is 11.2 Å². The quantitative estimate of drug-likeness (QED) is 0.734. The van der Waals surface area contributed by atoms with Crippen molar-refractivity contribution in [1.82, 2.24) is 20.4 Å². The first kappa shape index (κ1) is 14.3. The van der Waals surface area contributed by atoms with Gasteiger partial charge in [0.25, 0.3) is 5.91 Å². The maximum atomic E-state index is 12.1. The number of nitrogen functional groups attached to an aromatic ring is 1. The lowest BCUT2D eigenvalue weighted by atomic mass is 10.2. The Bertz CT molecular complexity index is 515. The molecule has 21 heavy (non-hydrogen) atoms. The minimum Gasteiger partial charge on any atom is -0.395 e. The highest BCUT2D eigenvalue weighted by Crippen LogP contribution is 2.22. The number of H-pyrrole nitrogens is 1. The third-order valence-corrected chi connectivity index (χ3v) is 4.40. The number of hydrogen-bond acceptors (Lipinski definition) is 5. The van der Waals surface area contributed by atoms with Gasteiger partial charge in [-0.15, -0.1) is 0 Å². The van der Waals surface area contributed by atoms with Crippen LogP contribution < -0.4 is 11.1 Å². The van der Waals surface area contributed by atoms with Gasteiger partial charge in [-0.1, -0.05) is 6.92 Å². The van der Waals surface area contributed by atoms with Gasteiger partial charge in [0.05, 0.1) is 24.1 Å². The van der Waals surface area contributed by atoms with Gasteiger partial charge < -0.3 is 15.8 Å². The number of carbonyl (C=O) groups excluding carboxylic acids is 1. The maximum absolute atomic E-state index is 12.1. The Morgan fingerprint density at radius 2 is 2.48 bits per heavy atom. The van der Waals surface area contributed by atoms with Gasteiger partial charge >= 0.3 is 0 Å². The summed E-state index contributed by atoms with van der Waals surface area (Å²) < 4.78 is 5.82. The molecule has 0 aromatic carbocycles. The number of morpholine rings is 1. The number of nitrogens with zero attached hydrogens (tertiary/aromatic N) is 2. The van der Waals surface area contributed by atoms with Crippen LogP contribution in [0.2, 0.25) is 0 Å². The number of nitrogens with one attached hydrogen (secondary N) is 2. The molecule has 0 bridgehead atoms. The van der Waals surface area contributed by atoms with E-state index in [0.717, 1.165) is 31.8 Å². The van der Waals surface area contributed by atoms with E-state index in [2.05, 4.69) is 20.4 Å². The van der Waals surface area contributed by atoms with Crippen LogP contribution in [0, 0.1) is 0 Å². The summed E-state index contributed by atoms with van der Waals surface area (Å²) >= 11 is 0. The van der Waals surface area contributed by atoms with E-state index < -0.39 is 0 Å². The highest BCUT2D eigenvalue weighted by molar-refractivity contribution is 5.97. The van der Waals surface area contributed by atoms with Crippen molar-refractivity contribution in [3.63, 3.8) is 0 Å². The van der Waals surface area contributed by atoms with Gasteiger partial charge in [0, 0.05) is 19.1 Å². The molecule has 3 rings (SSSR count). The van der Waals surface area contributed by atoms with Crippen LogP contribution in [0.4, 0.5) is 5.69 Å². The number of ether oxygens (including phenoxy) is 1. The fourth-order valence-electron chi connectivity index (χ4n) is 3.13. The molecule has 2 atom stereocenters. The molecule has 1 amide bonds. The van der Waals surface area contributed by atoms with Crippen LogP contribution in [0.15, 0.2) is 0 Å². The summed E-state index contributed by atoms with van der Waals surface area (Å²) in [6, 6.07) is 0.575. The molecule has 0 saturated carbocycles. The molecule has 0 aliphatic carbocycles. The Morgan fingerprint density at radius 1 is 1.62 bits per heavy atom. The molecule has 7 nitrogen and oxygen atoms in total. The summed E-state index contributed by atoms with van der Waals surface area (Å²) in [7, 11) is 0. The second-order valence-corrected chi connectivity index (χ2v) is 5.77. The van der Waals surface area contributed by atoms with Crippen LogP contribution in [0.5, 0.6) is 0 Å². The third kappa shape index (κ3) is 2.89.